The minimum atomic E-state index is 0.354. The Kier molecular flexibility index (Phi) is 9.66. The van der Waals surface area contributed by atoms with Crippen molar-refractivity contribution in [1.29, 1.82) is 0 Å². The first-order valence-corrected chi connectivity index (χ1v) is 12.3. The van der Waals surface area contributed by atoms with E-state index >= 15 is 0 Å². The van der Waals surface area contributed by atoms with Crippen molar-refractivity contribution in [2.24, 2.45) is 0 Å². The highest BCUT2D eigenvalue weighted by Crippen LogP contribution is 2.25. The zero-order valence-corrected chi connectivity index (χ0v) is 21.2. The zero-order valence-electron chi connectivity index (χ0n) is 20.4. The van der Waals surface area contributed by atoms with Gasteiger partial charge in [0.2, 0.25) is 0 Å². The van der Waals surface area contributed by atoms with Crippen LogP contribution in [0.1, 0.15) is 49.1 Å². The second-order valence-electron chi connectivity index (χ2n) is 8.27. The number of methoxy groups -OCH3 is 1. The molecule has 0 saturated carbocycles. The summed E-state index contributed by atoms with van der Waals surface area (Å²) in [5, 5.41) is 8.47. The Morgan fingerprint density at radius 3 is 2.76 bits per heavy atom. The van der Waals surface area contributed by atoms with Crippen LogP contribution in [0.2, 0.25) is 0 Å². The van der Waals surface area contributed by atoms with E-state index in [0.29, 0.717) is 5.92 Å². The maximum absolute atomic E-state index is 5.39. The van der Waals surface area contributed by atoms with Gasteiger partial charge in [-0.05, 0) is 67.1 Å². The van der Waals surface area contributed by atoms with Gasteiger partial charge in [0.05, 0.1) is 26.0 Å². The monoisotopic (exact) mass is 468 g/mol. The van der Waals surface area contributed by atoms with E-state index in [1.807, 2.05) is 23.7 Å². The molecule has 0 aliphatic carbocycles. The number of nitrogens with zero attached hydrogens (tertiary/aromatic N) is 2. The molecular formula is C26H36N4O2S. The molecule has 178 valence electrons. The molecule has 33 heavy (non-hydrogen) atoms. The topological polar surface area (TPSA) is 60.3 Å². The van der Waals surface area contributed by atoms with Crippen LogP contribution >= 0.6 is 11.9 Å². The Bertz CT molecular complexity index is 1020. The molecule has 6 nitrogen and oxygen atoms in total. The third-order valence-corrected chi connectivity index (χ3v) is 6.31. The summed E-state index contributed by atoms with van der Waals surface area (Å²) in [5.41, 5.74) is 5.87. The first-order valence-electron chi connectivity index (χ1n) is 11.5. The fraction of sp³-hybridized carbons (Fsp3) is 0.423. The number of rotatable bonds is 13. The van der Waals surface area contributed by atoms with Crippen LogP contribution in [0.5, 0.6) is 5.75 Å². The van der Waals surface area contributed by atoms with Gasteiger partial charge in [0, 0.05) is 42.0 Å². The molecule has 0 amide bonds. The SMILES string of the molecule is CCOCCNSc1cc(NCc2cn(Cc3cccc(OC)c3)nc2C(C)C)ccc1C. The van der Waals surface area contributed by atoms with E-state index in [2.05, 4.69) is 67.3 Å². The van der Waals surface area contributed by atoms with Gasteiger partial charge >= 0.3 is 0 Å². The van der Waals surface area contributed by atoms with E-state index in [-0.39, 0.29) is 0 Å². The van der Waals surface area contributed by atoms with Gasteiger partial charge in [-0.1, -0.05) is 32.0 Å². The second-order valence-corrected chi connectivity index (χ2v) is 9.20. The van der Waals surface area contributed by atoms with Crippen LogP contribution < -0.4 is 14.8 Å². The molecule has 0 atom stereocenters. The number of hydrogen-bond donors (Lipinski definition) is 2. The predicted molar refractivity (Wildman–Crippen MR) is 137 cm³/mol. The van der Waals surface area contributed by atoms with Crippen molar-refractivity contribution in [2.75, 3.05) is 32.2 Å². The summed E-state index contributed by atoms with van der Waals surface area (Å²) < 4.78 is 16.2. The lowest BCUT2D eigenvalue weighted by Gasteiger charge is -2.12. The first-order chi connectivity index (χ1) is 16.0. The lowest BCUT2D eigenvalue weighted by atomic mass is 10.1. The largest absolute Gasteiger partial charge is 0.497 e. The first kappa shape index (κ1) is 25.1. The van der Waals surface area contributed by atoms with Crippen molar-refractivity contribution in [3.8, 4) is 5.75 Å². The van der Waals surface area contributed by atoms with Crippen molar-refractivity contribution in [3.05, 3.63) is 71.0 Å². The molecule has 3 rings (SSSR count). The van der Waals surface area contributed by atoms with Gasteiger partial charge in [0.15, 0.2) is 0 Å². The second kappa shape index (κ2) is 12.7. The maximum atomic E-state index is 5.39. The van der Waals surface area contributed by atoms with Crippen molar-refractivity contribution in [1.82, 2.24) is 14.5 Å². The van der Waals surface area contributed by atoms with Gasteiger partial charge in [-0.25, -0.2) is 0 Å². The van der Waals surface area contributed by atoms with Crippen LogP contribution in [0.25, 0.3) is 0 Å². The zero-order chi connectivity index (χ0) is 23.6. The molecule has 2 aromatic carbocycles. The van der Waals surface area contributed by atoms with Crippen LogP contribution in [0.4, 0.5) is 5.69 Å². The highest BCUT2D eigenvalue weighted by molar-refractivity contribution is 7.97. The standard InChI is InChI=1S/C26H36N4O2S/c1-6-32-13-12-28-33-25-15-23(11-10-20(25)4)27-16-22-18-30(29-26(22)19(2)3)17-21-8-7-9-24(14-21)31-5/h7-11,14-15,18-19,27-28H,6,12-13,16-17H2,1-5H3. The number of aryl methyl sites for hydroxylation is 1. The van der Waals surface area contributed by atoms with E-state index < -0.39 is 0 Å². The molecule has 3 aromatic rings. The number of aromatic nitrogens is 2. The molecular weight excluding hydrogens is 432 g/mol. The third-order valence-electron chi connectivity index (χ3n) is 5.30. The number of ether oxygens (including phenoxy) is 2. The lowest BCUT2D eigenvalue weighted by Crippen LogP contribution is -2.12. The molecule has 0 aliphatic heterocycles. The molecule has 2 N–H and O–H groups in total. The predicted octanol–water partition coefficient (Wildman–Crippen LogP) is 5.62. The molecule has 0 radical (unpaired) electrons. The fourth-order valence-corrected chi connectivity index (χ4v) is 4.30. The molecule has 0 bridgehead atoms. The molecule has 0 fully saturated rings. The van der Waals surface area contributed by atoms with Gasteiger partial charge < -0.3 is 14.8 Å². The van der Waals surface area contributed by atoms with E-state index in [1.54, 1.807) is 19.1 Å². The minimum absolute atomic E-state index is 0.354. The molecule has 0 aliphatic rings. The maximum Gasteiger partial charge on any atom is 0.119 e. The Hall–Kier alpha value is -2.48. The van der Waals surface area contributed by atoms with Crippen molar-refractivity contribution in [3.63, 3.8) is 0 Å². The quantitative estimate of drug-likeness (QED) is 0.251. The third kappa shape index (κ3) is 7.52. The van der Waals surface area contributed by atoms with Crippen LogP contribution in [0, 0.1) is 6.92 Å². The van der Waals surface area contributed by atoms with Crippen LogP contribution in [-0.2, 0) is 17.8 Å². The van der Waals surface area contributed by atoms with Crippen LogP contribution in [0.15, 0.2) is 53.6 Å². The van der Waals surface area contributed by atoms with Crippen molar-refractivity contribution >= 4 is 17.6 Å². The van der Waals surface area contributed by atoms with Gasteiger partial charge in [0.25, 0.3) is 0 Å². The highest BCUT2D eigenvalue weighted by atomic mass is 32.2. The number of hydrogen-bond acceptors (Lipinski definition) is 6. The Morgan fingerprint density at radius 2 is 2.00 bits per heavy atom. The lowest BCUT2D eigenvalue weighted by molar-refractivity contribution is 0.153. The Morgan fingerprint density at radius 1 is 1.15 bits per heavy atom. The van der Waals surface area contributed by atoms with Crippen LogP contribution in [-0.4, -0.2) is 36.6 Å². The van der Waals surface area contributed by atoms with Crippen LogP contribution in [0.3, 0.4) is 0 Å². The van der Waals surface area contributed by atoms with E-state index in [1.165, 1.54) is 21.6 Å². The molecule has 1 aromatic heterocycles. The number of anilines is 1. The van der Waals surface area contributed by atoms with Gasteiger partial charge in [-0.15, -0.1) is 0 Å². The summed E-state index contributed by atoms with van der Waals surface area (Å²) in [4.78, 5) is 1.22. The highest BCUT2D eigenvalue weighted by Gasteiger charge is 2.13. The van der Waals surface area contributed by atoms with Crippen molar-refractivity contribution < 1.29 is 9.47 Å². The molecule has 0 saturated heterocycles. The summed E-state index contributed by atoms with van der Waals surface area (Å²) in [5.74, 6) is 1.22. The summed E-state index contributed by atoms with van der Waals surface area (Å²) in [6, 6.07) is 14.6. The normalized spacial score (nSPS) is 11.2. The smallest absolute Gasteiger partial charge is 0.119 e. The average molecular weight is 469 g/mol. The molecule has 0 unspecified atom stereocenters. The Labute approximate surface area is 202 Å². The Balaban J connectivity index is 1.66. The van der Waals surface area contributed by atoms with E-state index in [4.69, 9.17) is 14.6 Å². The summed E-state index contributed by atoms with van der Waals surface area (Å²) in [7, 11) is 1.69. The molecule has 0 spiro atoms. The fourth-order valence-electron chi connectivity index (χ4n) is 3.54. The van der Waals surface area contributed by atoms with E-state index in [0.717, 1.165) is 50.0 Å². The number of benzene rings is 2. The van der Waals surface area contributed by atoms with Gasteiger partial charge in [-0.2, -0.15) is 5.10 Å². The molecule has 7 heteroatoms. The van der Waals surface area contributed by atoms with Gasteiger partial charge in [-0.3, -0.25) is 9.40 Å². The molecule has 1 heterocycles. The summed E-state index contributed by atoms with van der Waals surface area (Å²) >= 11 is 1.65. The van der Waals surface area contributed by atoms with Crippen molar-refractivity contribution in [2.45, 2.75) is 51.6 Å². The average Bonchev–Trinajstić information content (AvgIpc) is 3.22. The van der Waals surface area contributed by atoms with Gasteiger partial charge in [0.1, 0.15) is 5.75 Å². The minimum Gasteiger partial charge on any atom is -0.497 e. The summed E-state index contributed by atoms with van der Waals surface area (Å²) in [6.07, 6.45) is 2.15. The number of nitrogens with one attached hydrogen (secondary N) is 2. The summed E-state index contributed by atoms with van der Waals surface area (Å²) in [6.45, 7) is 12.3. The van der Waals surface area contributed by atoms with E-state index in [9.17, 15) is 0 Å².